The van der Waals surface area contributed by atoms with E-state index in [1.165, 1.54) is 4.90 Å². The van der Waals surface area contributed by atoms with Gasteiger partial charge in [0, 0.05) is 38.4 Å². The van der Waals surface area contributed by atoms with Crippen molar-refractivity contribution in [2.75, 3.05) is 37.0 Å². The van der Waals surface area contributed by atoms with E-state index in [0.717, 1.165) is 5.69 Å². The fourth-order valence-electron chi connectivity index (χ4n) is 2.41. The molecule has 2 N–H and O–H groups in total. The summed E-state index contributed by atoms with van der Waals surface area (Å²) < 4.78 is 5.14. The van der Waals surface area contributed by atoms with E-state index in [0.29, 0.717) is 11.3 Å². The molecule has 2 aromatic rings. The third kappa shape index (κ3) is 5.85. The fraction of sp³-hybridized carbons (Fsp3) is 0.250. The van der Waals surface area contributed by atoms with Crippen molar-refractivity contribution in [1.29, 1.82) is 0 Å². The minimum atomic E-state index is -0.587. The second-order valence-electron chi connectivity index (χ2n) is 6.11. The Morgan fingerprint density at radius 1 is 0.926 bits per heavy atom. The summed E-state index contributed by atoms with van der Waals surface area (Å²) in [7, 11) is 3.80. The summed E-state index contributed by atoms with van der Waals surface area (Å²) in [5.74, 6) is -1.53. The van der Waals surface area contributed by atoms with Gasteiger partial charge in [0.05, 0.1) is 5.56 Å². The van der Waals surface area contributed by atoms with E-state index < -0.39 is 24.4 Å². The number of hydrogen-bond acceptors (Lipinski definition) is 5. The lowest BCUT2D eigenvalue weighted by Crippen LogP contribution is -2.37. The Bertz CT molecular complexity index is 789. The van der Waals surface area contributed by atoms with Crippen LogP contribution in [0.1, 0.15) is 16.8 Å². The van der Waals surface area contributed by atoms with Gasteiger partial charge in [-0.2, -0.15) is 0 Å². The van der Waals surface area contributed by atoms with Crippen LogP contribution in [0.2, 0.25) is 0 Å². The molecule has 0 heterocycles. The first-order valence-corrected chi connectivity index (χ1v) is 8.46. The van der Waals surface area contributed by atoms with Crippen molar-refractivity contribution in [3.05, 3.63) is 60.2 Å². The molecule has 2 amide bonds. The van der Waals surface area contributed by atoms with Gasteiger partial charge in [0.2, 0.25) is 5.91 Å². The molecule has 0 fully saturated rings. The summed E-state index contributed by atoms with van der Waals surface area (Å²) in [6, 6.07) is 15.7. The van der Waals surface area contributed by atoms with Crippen LogP contribution in [0, 0.1) is 0 Å². The van der Waals surface area contributed by atoms with E-state index in [4.69, 9.17) is 10.5 Å². The van der Waals surface area contributed by atoms with Gasteiger partial charge in [-0.15, -0.1) is 0 Å². The van der Waals surface area contributed by atoms with E-state index in [-0.39, 0.29) is 13.0 Å². The molecule has 0 aliphatic heterocycles. The molecule has 0 aliphatic carbocycles. The second kappa shape index (κ2) is 9.38. The van der Waals surface area contributed by atoms with Crippen LogP contribution < -0.4 is 15.5 Å². The molecule has 0 radical (unpaired) electrons. The summed E-state index contributed by atoms with van der Waals surface area (Å²) in [6.45, 7) is -0.310. The molecule has 7 nitrogen and oxygen atoms in total. The van der Waals surface area contributed by atoms with Crippen LogP contribution in [-0.2, 0) is 14.3 Å². The SMILES string of the molecule is CN(C)c1ccc(C(=O)OCC(=O)N(CCC(N)=O)c2ccccc2)cc1. The third-order valence-electron chi connectivity index (χ3n) is 3.90. The highest BCUT2D eigenvalue weighted by atomic mass is 16.5. The average molecular weight is 369 g/mol. The van der Waals surface area contributed by atoms with Gasteiger partial charge >= 0.3 is 5.97 Å². The molecule has 2 rings (SSSR count). The lowest BCUT2D eigenvalue weighted by atomic mass is 10.2. The number of esters is 1. The van der Waals surface area contributed by atoms with Crippen LogP contribution in [0.3, 0.4) is 0 Å². The maximum atomic E-state index is 12.5. The molecule has 0 saturated heterocycles. The maximum absolute atomic E-state index is 12.5. The smallest absolute Gasteiger partial charge is 0.338 e. The highest BCUT2D eigenvalue weighted by molar-refractivity contribution is 5.97. The number of carbonyl (C=O) groups excluding carboxylic acids is 3. The number of nitrogens with two attached hydrogens (primary N) is 1. The molecule has 0 aromatic heterocycles. The van der Waals surface area contributed by atoms with Crippen molar-refractivity contribution in [2.24, 2.45) is 5.73 Å². The molecule has 7 heteroatoms. The molecule has 0 aliphatic rings. The molecule has 0 saturated carbocycles. The van der Waals surface area contributed by atoms with Crippen LogP contribution in [-0.4, -0.2) is 45.0 Å². The van der Waals surface area contributed by atoms with Crippen LogP contribution in [0.15, 0.2) is 54.6 Å². The third-order valence-corrected chi connectivity index (χ3v) is 3.90. The van der Waals surface area contributed by atoms with Gasteiger partial charge in [-0.3, -0.25) is 9.59 Å². The second-order valence-corrected chi connectivity index (χ2v) is 6.11. The molecular weight excluding hydrogens is 346 g/mol. The number of carbonyl (C=O) groups is 3. The molecule has 0 bridgehead atoms. The Morgan fingerprint density at radius 2 is 1.56 bits per heavy atom. The van der Waals surface area contributed by atoms with Gasteiger partial charge in [-0.25, -0.2) is 4.79 Å². The zero-order chi connectivity index (χ0) is 19.8. The van der Waals surface area contributed by atoms with Gasteiger partial charge in [-0.05, 0) is 36.4 Å². The Balaban J connectivity index is 2.01. The van der Waals surface area contributed by atoms with E-state index >= 15 is 0 Å². The van der Waals surface area contributed by atoms with Crippen molar-refractivity contribution < 1.29 is 19.1 Å². The zero-order valence-electron chi connectivity index (χ0n) is 15.4. The first kappa shape index (κ1) is 20.0. The lowest BCUT2D eigenvalue weighted by molar-refractivity contribution is -0.121. The number of rotatable bonds is 8. The van der Waals surface area contributed by atoms with Crippen molar-refractivity contribution in [2.45, 2.75) is 6.42 Å². The summed E-state index contributed by atoms with van der Waals surface area (Å²) >= 11 is 0. The summed E-state index contributed by atoms with van der Waals surface area (Å²) in [6.07, 6.45) is 0.0145. The highest BCUT2D eigenvalue weighted by Crippen LogP contribution is 2.15. The average Bonchev–Trinajstić information content (AvgIpc) is 2.67. The predicted molar refractivity (Wildman–Crippen MR) is 104 cm³/mol. The van der Waals surface area contributed by atoms with E-state index in [1.54, 1.807) is 48.5 Å². The fourth-order valence-corrected chi connectivity index (χ4v) is 2.41. The Kier molecular flexibility index (Phi) is 6.93. The molecule has 27 heavy (non-hydrogen) atoms. The van der Waals surface area contributed by atoms with Crippen LogP contribution >= 0.6 is 0 Å². The quantitative estimate of drug-likeness (QED) is 0.717. The van der Waals surface area contributed by atoms with Crippen molar-refractivity contribution >= 4 is 29.2 Å². The molecule has 142 valence electrons. The number of ether oxygens (including phenoxy) is 1. The highest BCUT2D eigenvalue weighted by Gasteiger charge is 2.19. The van der Waals surface area contributed by atoms with E-state index in [9.17, 15) is 14.4 Å². The van der Waals surface area contributed by atoms with Gasteiger partial charge in [-0.1, -0.05) is 18.2 Å². The number of anilines is 2. The first-order chi connectivity index (χ1) is 12.9. The maximum Gasteiger partial charge on any atom is 0.338 e. The number of para-hydroxylation sites is 1. The minimum Gasteiger partial charge on any atom is -0.452 e. The number of primary amides is 1. The Hall–Kier alpha value is -3.35. The number of hydrogen-bond donors (Lipinski definition) is 1. The number of nitrogens with zero attached hydrogens (tertiary/aromatic N) is 2. The zero-order valence-corrected chi connectivity index (χ0v) is 15.4. The van der Waals surface area contributed by atoms with Crippen LogP contribution in [0.25, 0.3) is 0 Å². The van der Waals surface area contributed by atoms with Crippen molar-refractivity contribution in [3.63, 3.8) is 0 Å². The summed E-state index contributed by atoms with van der Waals surface area (Å²) in [4.78, 5) is 39.1. The van der Waals surface area contributed by atoms with Crippen LogP contribution in [0.4, 0.5) is 11.4 Å². The van der Waals surface area contributed by atoms with Gasteiger partial charge in [0.15, 0.2) is 6.61 Å². The summed E-state index contributed by atoms with van der Waals surface area (Å²) in [5, 5.41) is 0. The standard InChI is InChI=1S/C20H23N3O4/c1-22(2)16-10-8-15(9-11-16)20(26)27-14-19(25)23(13-12-18(21)24)17-6-4-3-5-7-17/h3-11H,12-14H2,1-2H3,(H2,21,24). The first-order valence-electron chi connectivity index (χ1n) is 8.46. The number of benzene rings is 2. The van der Waals surface area contributed by atoms with Gasteiger partial charge in [0.25, 0.3) is 5.91 Å². The van der Waals surface area contributed by atoms with Crippen molar-refractivity contribution in [1.82, 2.24) is 0 Å². The molecule has 0 unspecified atom stereocenters. The topological polar surface area (TPSA) is 92.9 Å². The monoisotopic (exact) mass is 369 g/mol. The van der Waals surface area contributed by atoms with Crippen molar-refractivity contribution in [3.8, 4) is 0 Å². The normalized spacial score (nSPS) is 10.1. The Labute approximate surface area is 158 Å². The Morgan fingerprint density at radius 3 is 2.11 bits per heavy atom. The van der Waals surface area contributed by atoms with E-state index in [2.05, 4.69) is 0 Å². The molecular formula is C20H23N3O4. The summed E-state index contributed by atoms with van der Waals surface area (Å²) in [5.41, 5.74) is 7.10. The molecule has 0 atom stereocenters. The molecule has 0 spiro atoms. The largest absolute Gasteiger partial charge is 0.452 e. The lowest BCUT2D eigenvalue weighted by Gasteiger charge is -2.22. The van der Waals surface area contributed by atoms with E-state index in [1.807, 2.05) is 25.1 Å². The number of amides is 2. The molecule has 2 aromatic carbocycles. The predicted octanol–water partition coefficient (Wildman–Crippen LogP) is 1.82. The minimum absolute atomic E-state index is 0.0145. The van der Waals surface area contributed by atoms with Gasteiger partial charge < -0.3 is 20.3 Å². The van der Waals surface area contributed by atoms with Gasteiger partial charge in [0.1, 0.15) is 0 Å². The van der Waals surface area contributed by atoms with Crippen LogP contribution in [0.5, 0.6) is 0 Å².